The molecule has 1 aliphatic rings. The summed E-state index contributed by atoms with van der Waals surface area (Å²) in [5.41, 5.74) is 0.857. The van der Waals surface area contributed by atoms with Gasteiger partial charge >= 0.3 is 5.69 Å². The number of anilines is 2. The Kier molecular flexibility index (Phi) is 5.41. The van der Waals surface area contributed by atoms with Crippen molar-refractivity contribution in [3.63, 3.8) is 0 Å². The largest absolute Gasteiger partial charge is 0.470 e. The van der Waals surface area contributed by atoms with Crippen molar-refractivity contribution in [2.75, 3.05) is 36.0 Å². The van der Waals surface area contributed by atoms with Crippen LogP contribution in [0.25, 0.3) is 0 Å². The van der Waals surface area contributed by atoms with E-state index in [1.165, 1.54) is 6.33 Å². The Labute approximate surface area is 156 Å². The summed E-state index contributed by atoms with van der Waals surface area (Å²) in [6.45, 7) is 6.23. The lowest BCUT2D eigenvalue weighted by atomic mass is 10.2. The van der Waals surface area contributed by atoms with Crippen LogP contribution in [0.2, 0.25) is 5.02 Å². The summed E-state index contributed by atoms with van der Waals surface area (Å²) in [4.78, 5) is 23.3. The molecule has 1 aromatic carbocycles. The highest BCUT2D eigenvalue weighted by atomic mass is 35.5. The number of benzene rings is 1. The molecule has 0 atom stereocenters. The molecule has 1 fully saturated rings. The van der Waals surface area contributed by atoms with E-state index in [0.29, 0.717) is 37.0 Å². The normalized spacial score (nSPS) is 14.6. The quantitative estimate of drug-likeness (QED) is 0.584. The minimum atomic E-state index is -0.476. The molecule has 8 nitrogen and oxygen atoms in total. The van der Waals surface area contributed by atoms with Crippen LogP contribution in [-0.2, 0) is 0 Å². The molecule has 1 aliphatic heterocycles. The maximum Gasteiger partial charge on any atom is 0.372 e. The molecule has 0 N–H and O–H groups in total. The molecular formula is C17H20ClN5O3. The first-order valence-electron chi connectivity index (χ1n) is 8.37. The zero-order valence-corrected chi connectivity index (χ0v) is 15.4. The maximum absolute atomic E-state index is 11.6. The van der Waals surface area contributed by atoms with E-state index in [1.807, 2.05) is 29.2 Å². The van der Waals surface area contributed by atoms with Gasteiger partial charge in [0.2, 0.25) is 5.82 Å². The standard InChI is InChI=1S/C17H20ClN5O3/c1-12(2)26-17-15(23(24)25)16(19-11-20-17)22-8-6-21(7-9-22)14-5-3-4-13(18)10-14/h3-5,10-12H,6-9H2,1-2H3. The van der Waals surface area contributed by atoms with Crippen molar-refractivity contribution in [2.24, 2.45) is 0 Å². The van der Waals surface area contributed by atoms with E-state index < -0.39 is 4.92 Å². The number of hydrogen-bond acceptors (Lipinski definition) is 7. The lowest BCUT2D eigenvalue weighted by Crippen LogP contribution is -2.47. The topological polar surface area (TPSA) is 84.6 Å². The van der Waals surface area contributed by atoms with Crippen LogP contribution >= 0.6 is 11.6 Å². The molecule has 0 unspecified atom stereocenters. The van der Waals surface area contributed by atoms with Gasteiger partial charge in [0, 0.05) is 36.9 Å². The Bertz CT molecular complexity index is 794. The molecule has 0 radical (unpaired) electrons. The first kappa shape index (κ1) is 18.2. The minimum Gasteiger partial charge on any atom is -0.470 e. The Balaban J connectivity index is 1.80. The molecular weight excluding hydrogens is 358 g/mol. The van der Waals surface area contributed by atoms with Gasteiger partial charge in [-0.15, -0.1) is 0 Å². The SMILES string of the molecule is CC(C)Oc1ncnc(N2CCN(c3cccc(Cl)c3)CC2)c1[N+](=O)[O-]. The lowest BCUT2D eigenvalue weighted by Gasteiger charge is -2.36. The smallest absolute Gasteiger partial charge is 0.372 e. The highest BCUT2D eigenvalue weighted by Gasteiger charge is 2.30. The molecule has 138 valence electrons. The van der Waals surface area contributed by atoms with Crippen LogP contribution in [-0.4, -0.2) is 47.2 Å². The van der Waals surface area contributed by atoms with Crippen molar-refractivity contribution in [2.45, 2.75) is 20.0 Å². The summed E-state index contributed by atoms with van der Waals surface area (Å²) in [5.74, 6) is 0.304. The molecule has 9 heteroatoms. The number of piperazine rings is 1. The predicted octanol–water partition coefficient (Wildman–Crippen LogP) is 3.15. The molecule has 0 amide bonds. The van der Waals surface area contributed by atoms with E-state index in [1.54, 1.807) is 13.8 Å². The van der Waals surface area contributed by atoms with E-state index >= 15 is 0 Å². The van der Waals surface area contributed by atoms with Gasteiger partial charge in [-0.1, -0.05) is 17.7 Å². The number of ether oxygens (including phenoxy) is 1. The first-order valence-corrected chi connectivity index (χ1v) is 8.75. The molecule has 3 rings (SSSR count). The second-order valence-corrected chi connectivity index (χ2v) is 6.67. The van der Waals surface area contributed by atoms with Gasteiger partial charge in [-0.2, -0.15) is 4.98 Å². The van der Waals surface area contributed by atoms with E-state index in [2.05, 4.69) is 14.9 Å². The van der Waals surface area contributed by atoms with Crippen molar-refractivity contribution >= 4 is 28.8 Å². The summed E-state index contributed by atoms with van der Waals surface area (Å²) in [7, 11) is 0. The fraction of sp³-hybridized carbons (Fsp3) is 0.412. The van der Waals surface area contributed by atoms with Crippen LogP contribution in [0.5, 0.6) is 5.88 Å². The van der Waals surface area contributed by atoms with Gasteiger partial charge in [-0.25, -0.2) is 4.98 Å². The summed E-state index contributed by atoms with van der Waals surface area (Å²) in [5, 5.41) is 12.3. The molecule has 1 aromatic heterocycles. The van der Waals surface area contributed by atoms with Crippen LogP contribution in [0.3, 0.4) is 0 Å². The van der Waals surface area contributed by atoms with Crippen LogP contribution in [0.4, 0.5) is 17.2 Å². The van der Waals surface area contributed by atoms with Crippen LogP contribution in [0, 0.1) is 10.1 Å². The lowest BCUT2D eigenvalue weighted by molar-refractivity contribution is -0.385. The molecule has 0 bridgehead atoms. The van der Waals surface area contributed by atoms with Crippen molar-refractivity contribution in [1.82, 2.24) is 9.97 Å². The highest BCUT2D eigenvalue weighted by Crippen LogP contribution is 2.34. The second-order valence-electron chi connectivity index (χ2n) is 6.23. The number of rotatable bonds is 5. The molecule has 2 heterocycles. The van der Waals surface area contributed by atoms with Gasteiger partial charge in [0.15, 0.2) is 0 Å². The van der Waals surface area contributed by atoms with E-state index in [-0.39, 0.29) is 17.7 Å². The zero-order valence-electron chi connectivity index (χ0n) is 14.6. The van der Waals surface area contributed by atoms with Crippen LogP contribution < -0.4 is 14.5 Å². The van der Waals surface area contributed by atoms with Crippen molar-refractivity contribution in [3.8, 4) is 5.88 Å². The number of aromatic nitrogens is 2. The Morgan fingerprint density at radius 2 is 1.88 bits per heavy atom. The summed E-state index contributed by atoms with van der Waals surface area (Å²) in [6, 6.07) is 7.67. The minimum absolute atomic E-state index is 0.00673. The van der Waals surface area contributed by atoms with E-state index in [0.717, 1.165) is 5.69 Å². The summed E-state index contributed by atoms with van der Waals surface area (Å²) >= 11 is 6.06. The van der Waals surface area contributed by atoms with Gasteiger partial charge in [-0.3, -0.25) is 10.1 Å². The maximum atomic E-state index is 11.6. The molecule has 0 aliphatic carbocycles. The molecule has 0 spiro atoms. The molecule has 26 heavy (non-hydrogen) atoms. The van der Waals surface area contributed by atoms with Crippen molar-refractivity contribution < 1.29 is 9.66 Å². The third-order valence-corrected chi connectivity index (χ3v) is 4.29. The fourth-order valence-corrected chi connectivity index (χ4v) is 3.09. The third-order valence-electron chi connectivity index (χ3n) is 4.05. The van der Waals surface area contributed by atoms with E-state index in [4.69, 9.17) is 16.3 Å². The van der Waals surface area contributed by atoms with Gasteiger partial charge in [0.25, 0.3) is 5.88 Å². The van der Waals surface area contributed by atoms with E-state index in [9.17, 15) is 10.1 Å². The second kappa shape index (κ2) is 7.74. The number of nitro groups is 1. The van der Waals surface area contributed by atoms with Gasteiger partial charge in [0.1, 0.15) is 6.33 Å². The van der Waals surface area contributed by atoms with Crippen molar-refractivity contribution in [3.05, 3.63) is 45.7 Å². The van der Waals surface area contributed by atoms with Crippen LogP contribution in [0.15, 0.2) is 30.6 Å². The Hall–Kier alpha value is -2.61. The number of nitrogens with zero attached hydrogens (tertiary/aromatic N) is 5. The summed E-state index contributed by atoms with van der Waals surface area (Å²) in [6.07, 6.45) is 1.10. The zero-order chi connectivity index (χ0) is 18.7. The molecule has 2 aromatic rings. The monoisotopic (exact) mass is 377 g/mol. The first-order chi connectivity index (χ1) is 12.5. The van der Waals surface area contributed by atoms with Gasteiger partial charge in [0.05, 0.1) is 11.0 Å². The van der Waals surface area contributed by atoms with Gasteiger partial charge in [-0.05, 0) is 32.0 Å². The highest BCUT2D eigenvalue weighted by molar-refractivity contribution is 6.30. The predicted molar refractivity (Wildman–Crippen MR) is 100 cm³/mol. The average Bonchev–Trinajstić information content (AvgIpc) is 2.61. The number of hydrogen-bond donors (Lipinski definition) is 0. The third kappa shape index (κ3) is 3.96. The fourth-order valence-electron chi connectivity index (χ4n) is 2.90. The Morgan fingerprint density at radius 1 is 1.19 bits per heavy atom. The van der Waals surface area contributed by atoms with Crippen LogP contribution in [0.1, 0.15) is 13.8 Å². The van der Waals surface area contributed by atoms with Crippen molar-refractivity contribution in [1.29, 1.82) is 0 Å². The number of halogens is 1. The summed E-state index contributed by atoms with van der Waals surface area (Å²) < 4.78 is 5.50. The van der Waals surface area contributed by atoms with Gasteiger partial charge < -0.3 is 14.5 Å². The molecule has 1 saturated heterocycles. The Morgan fingerprint density at radius 3 is 2.50 bits per heavy atom. The average molecular weight is 378 g/mol. The molecule has 0 saturated carbocycles.